The van der Waals surface area contributed by atoms with Gasteiger partial charge in [-0.05, 0) is 25.5 Å². The van der Waals surface area contributed by atoms with Crippen LogP contribution in [0.2, 0.25) is 0 Å². The van der Waals surface area contributed by atoms with E-state index in [0.717, 1.165) is 6.42 Å². The minimum atomic E-state index is -3.49. The number of benzene rings is 1. The lowest BCUT2D eigenvalue weighted by Crippen LogP contribution is -2.42. The van der Waals surface area contributed by atoms with E-state index in [0.29, 0.717) is 6.42 Å². The minimum absolute atomic E-state index is 0.0251. The van der Waals surface area contributed by atoms with Crippen molar-refractivity contribution in [3.05, 3.63) is 30.1 Å². The van der Waals surface area contributed by atoms with Gasteiger partial charge in [-0.15, -0.1) is 0 Å². The lowest BCUT2D eigenvalue weighted by atomic mass is 10.2. The molecular weight excluding hydrogens is 283 g/mol. The van der Waals surface area contributed by atoms with Crippen LogP contribution < -0.4 is 10.0 Å². The second kappa shape index (κ2) is 7.35. The van der Waals surface area contributed by atoms with Gasteiger partial charge in [0.15, 0.2) is 0 Å². The molecule has 0 heterocycles. The molecule has 0 radical (unpaired) electrons. The lowest BCUT2D eigenvalue weighted by Gasteiger charge is -2.14. The van der Waals surface area contributed by atoms with Gasteiger partial charge < -0.3 is 5.32 Å². The van der Waals surface area contributed by atoms with Crippen molar-refractivity contribution in [2.45, 2.75) is 32.7 Å². The highest BCUT2D eigenvalue weighted by Gasteiger charge is 2.20. The molecule has 0 aliphatic carbocycles. The summed E-state index contributed by atoms with van der Waals surface area (Å²) in [6, 6.07) is 4.74. The third kappa shape index (κ3) is 5.26. The molecule has 1 aromatic carbocycles. The van der Waals surface area contributed by atoms with E-state index in [9.17, 15) is 17.6 Å². The fourth-order valence-corrected chi connectivity index (χ4v) is 2.95. The Morgan fingerprint density at radius 3 is 2.60 bits per heavy atom. The molecule has 2 N–H and O–H groups in total. The number of hydrogen-bond acceptors (Lipinski definition) is 3. The zero-order valence-corrected chi connectivity index (χ0v) is 12.3. The summed E-state index contributed by atoms with van der Waals surface area (Å²) in [6.45, 7) is 3.30. The number of anilines is 1. The van der Waals surface area contributed by atoms with Crippen LogP contribution in [0.15, 0.2) is 24.3 Å². The number of hydrogen-bond donors (Lipinski definition) is 2. The van der Waals surface area contributed by atoms with Crippen molar-refractivity contribution in [2.24, 2.45) is 0 Å². The fourth-order valence-electron chi connectivity index (χ4n) is 1.52. The van der Waals surface area contributed by atoms with Crippen LogP contribution in [0.1, 0.15) is 26.7 Å². The van der Waals surface area contributed by atoms with Gasteiger partial charge in [0.2, 0.25) is 15.9 Å². The molecule has 0 aliphatic heterocycles. The smallest absolute Gasteiger partial charge is 0.242 e. The van der Waals surface area contributed by atoms with Gasteiger partial charge in [-0.3, -0.25) is 4.79 Å². The van der Waals surface area contributed by atoms with Crippen LogP contribution in [0, 0.1) is 5.82 Å². The van der Waals surface area contributed by atoms with Gasteiger partial charge in [-0.1, -0.05) is 25.5 Å². The molecule has 20 heavy (non-hydrogen) atoms. The largest absolute Gasteiger partial charge is 0.322 e. The Morgan fingerprint density at radius 1 is 1.35 bits per heavy atom. The van der Waals surface area contributed by atoms with E-state index < -0.39 is 27.8 Å². The van der Waals surface area contributed by atoms with Crippen LogP contribution in [0.25, 0.3) is 0 Å². The predicted molar refractivity (Wildman–Crippen MR) is 76.3 cm³/mol. The highest BCUT2D eigenvalue weighted by molar-refractivity contribution is 7.89. The summed E-state index contributed by atoms with van der Waals surface area (Å²) in [4.78, 5) is 11.8. The topological polar surface area (TPSA) is 75.3 Å². The highest BCUT2D eigenvalue weighted by atomic mass is 32.2. The van der Waals surface area contributed by atoms with Crippen molar-refractivity contribution in [1.82, 2.24) is 4.72 Å². The predicted octanol–water partition coefficient (Wildman–Crippen LogP) is 1.87. The Morgan fingerprint density at radius 2 is 2.00 bits per heavy atom. The highest BCUT2D eigenvalue weighted by Crippen LogP contribution is 2.12. The maximum Gasteiger partial charge on any atom is 0.242 e. The Hall–Kier alpha value is -1.47. The maximum absolute atomic E-state index is 13.4. The van der Waals surface area contributed by atoms with Crippen molar-refractivity contribution >= 4 is 21.6 Å². The first-order valence-electron chi connectivity index (χ1n) is 6.41. The van der Waals surface area contributed by atoms with Crippen LogP contribution in [0.4, 0.5) is 10.1 Å². The molecule has 0 aromatic heterocycles. The third-order valence-electron chi connectivity index (χ3n) is 2.65. The number of rotatable bonds is 7. The number of amides is 1. The Kier molecular flexibility index (Phi) is 6.09. The SMILES string of the molecule is CCCCS(=O)(=O)NC(C)C(=O)Nc1ccccc1F. The second-order valence-corrected chi connectivity index (χ2v) is 6.35. The van der Waals surface area contributed by atoms with E-state index in [1.165, 1.54) is 25.1 Å². The number of halogens is 1. The summed E-state index contributed by atoms with van der Waals surface area (Å²) in [5, 5.41) is 2.35. The third-order valence-corrected chi connectivity index (χ3v) is 4.19. The van der Waals surface area contributed by atoms with Gasteiger partial charge in [0.1, 0.15) is 5.82 Å². The summed E-state index contributed by atoms with van der Waals surface area (Å²) >= 11 is 0. The number of nitrogens with one attached hydrogen (secondary N) is 2. The molecule has 1 atom stereocenters. The van der Waals surface area contributed by atoms with Gasteiger partial charge >= 0.3 is 0 Å². The molecule has 0 spiro atoms. The summed E-state index contributed by atoms with van der Waals surface area (Å²) in [5.74, 6) is -1.20. The first-order valence-corrected chi connectivity index (χ1v) is 8.06. The Bertz CT molecular complexity index is 560. The molecule has 0 saturated heterocycles. The van der Waals surface area contributed by atoms with Gasteiger partial charge in [0.05, 0.1) is 17.5 Å². The minimum Gasteiger partial charge on any atom is -0.322 e. The van der Waals surface area contributed by atoms with Gasteiger partial charge in [0, 0.05) is 0 Å². The van der Waals surface area contributed by atoms with Gasteiger partial charge in [0.25, 0.3) is 0 Å². The first-order chi connectivity index (χ1) is 9.35. The van der Waals surface area contributed by atoms with E-state index in [4.69, 9.17) is 0 Å². The van der Waals surface area contributed by atoms with E-state index in [2.05, 4.69) is 10.0 Å². The van der Waals surface area contributed by atoms with Crippen LogP contribution in [-0.4, -0.2) is 26.1 Å². The van der Waals surface area contributed by atoms with E-state index in [1.807, 2.05) is 6.92 Å². The molecule has 0 aliphatic rings. The average Bonchev–Trinajstić information content (AvgIpc) is 2.38. The molecule has 7 heteroatoms. The Labute approximate surface area is 118 Å². The molecule has 1 unspecified atom stereocenters. The lowest BCUT2D eigenvalue weighted by molar-refractivity contribution is -0.117. The molecule has 5 nitrogen and oxygen atoms in total. The molecule has 1 amide bonds. The molecule has 1 aromatic rings. The van der Waals surface area contributed by atoms with Crippen LogP contribution >= 0.6 is 0 Å². The van der Waals surface area contributed by atoms with Crippen molar-refractivity contribution in [3.63, 3.8) is 0 Å². The first kappa shape index (κ1) is 16.6. The number of sulfonamides is 1. The normalized spacial score (nSPS) is 12.9. The average molecular weight is 302 g/mol. The molecule has 0 bridgehead atoms. The molecule has 0 saturated carbocycles. The molecule has 1 rings (SSSR count). The number of para-hydroxylation sites is 1. The van der Waals surface area contributed by atoms with E-state index >= 15 is 0 Å². The van der Waals surface area contributed by atoms with Gasteiger partial charge in [-0.25, -0.2) is 17.5 Å². The van der Waals surface area contributed by atoms with Crippen molar-refractivity contribution < 1.29 is 17.6 Å². The van der Waals surface area contributed by atoms with Crippen molar-refractivity contribution in [2.75, 3.05) is 11.1 Å². The summed E-state index contributed by atoms with van der Waals surface area (Å²) in [5.41, 5.74) is 0.0251. The number of carbonyl (C=O) groups is 1. The maximum atomic E-state index is 13.4. The number of carbonyl (C=O) groups excluding carboxylic acids is 1. The van der Waals surface area contributed by atoms with Crippen LogP contribution in [0.5, 0.6) is 0 Å². The molecule has 112 valence electrons. The zero-order chi connectivity index (χ0) is 15.2. The second-order valence-electron chi connectivity index (χ2n) is 4.48. The quantitative estimate of drug-likeness (QED) is 0.807. The number of unbranched alkanes of at least 4 members (excludes halogenated alkanes) is 1. The standard InChI is InChI=1S/C13H19FN2O3S/c1-3-4-9-20(18,19)16-10(2)13(17)15-12-8-6-5-7-11(12)14/h5-8,10,16H,3-4,9H2,1-2H3,(H,15,17). The van der Waals surface area contributed by atoms with E-state index in [-0.39, 0.29) is 11.4 Å². The molecule has 0 fully saturated rings. The van der Waals surface area contributed by atoms with Crippen molar-refractivity contribution in [1.29, 1.82) is 0 Å². The van der Waals surface area contributed by atoms with Gasteiger partial charge in [-0.2, -0.15) is 0 Å². The summed E-state index contributed by atoms with van der Waals surface area (Å²) in [6.07, 6.45) is 1.27. The van der Waals surface area contributed by atoms with E-state index in [1.54, 1.807) is 6.07 Å². The summed E-state index contributed by atoms with van der Waals surface area (Å²) < 4.78 is 38.9. The Balaban J connectivity index is 2.62. The zero-order valence-electron chi connectivity index (χ0n) is 11.5. The molecular formula is C13H19FN2O3S. The fraction of sp³-hybridized carbons (Fsp3) is 0.462. The monoisotopic (exact) mass is 302 g/mol. The van der Waals surface area contributed by atoms with Crippen molar-refractivity contribution in [3.8, 4) is 0 Å². The van der Waals surface area contributed by atoms with Crippen LogP contribution in [-0.2, 0) is 14.8 Å². The summed E-state index contributed by atoms with van der Waals surface area (Å²) in [7, 11) is -3.49. The van der Waals surface area contributed by atoms with Crippen LogP contribution in [0.3, 0.4) is 0 Å².